The molecule has 8 heteroatoms. The predicted octanol–water partition coefficient (Wildman–Crippen LogP) is 4.70. The minimum absolute atomic E-state index is 0.0345. The van der Waals surface area contributed by atoms with Crippen molar-refractivity contribution in [2.45, 2.75) is 19.0 Å². The first-order chi connectivity index (χ1) is 12.3. The molecule has 0 saturated heterocycles. The fourth-order valence-corrected chi connectivity index (χ4v) is 3.17. The van der Waals surface area contributed by atoms with Crippen molar-refractivity contribution >= 4 is 22.9 Å². The summed E-state index contributed by atoms with van der Waals surface area (Å²) in [7, 11) is 0. The van der Waals surface area contributed by atoms with Crippen LogP contribution in [0.3, 0.4) is 0 Å². The number of hydrogen-bond acceptors (Lipinski definition) is 4. The first kappa shape index (κ1) is 18.1. The van der Waals surface area contributed by atoms with Crippen molar-refractivity contribution in [3.05, 3.63) is 59.6 Å². The van der Waals surface area contributed by atoms with E-state index in [1.165, 1.54) is 17.4 Å². The number of ketones is 2. The lowest BCUT2D eigenvalue weighted by molar-refractivity contribution is -0.151. The third-order valence-electron chi connectivity index (χ3n) is 3.52. The first-order valence-electron chi connectivity index (χ1n) is 7.64. The maximum atomic E-state index is 12.3. The number of halogens is 3. The molecule has 0 saturated carbocycles. The Hall–Kier alpha value is -2.74. The topological polar surface area (TPSA) is 52.0 Å². The molecule has 2 heterocycles. The Labute approximate surface area is 150 Å². The third kappa shape index (κ3) is 4.26. The maximum Gasteiger partial charge on any atom is 0.395 e. The number of rotatable bonds is 6. The first-order valence-corrected chi connectivity index (χ1v) is 8.52. The molecule has 3 rings (SSSR count). The van der Waals surface area contributed by atoms with Crippen LogP contribution < -0.4 is 0 Å². The van der Waals surface area contributed by atoms with Gasteiger partial charge in [-0.1, -0.05) is 24.3 Å². The van der Waals surface area contributed by atoms with Gasteiger partial charge in [0, 0.05) is 0 Å². The van der Waals surface area contributed by atoms with Gasteiger partial charge in [0.1, 0.15) is 17.9 Å². The van der Waals surface area contributed by atoms with Crippen LogP contribution >= 0.6 is 11.3 Å². The molecule has 26 heavy (non-hydrogen) atoms. The number of thiophene rings is 1. The Morgan fingerprint density at radius 1 is 1.08 bits per heavy atom. The number of hydrogen-bond donors (Lipinski definition) is 0. The minimum atomic E-state index is -4.62. The van der Waals surface area contributed by atoms with E-state index in [1.807, 2.05) is 35.7 Å². The molecule has 0 unspecified atom stereocenters. The Balaban J connectivity index is 1.92. The molecule has 2 aromatic heterocycles. The Morgan fingerprint density at radius 3 is 2.42 bits per heavy atom. The molecule has 4 nitrogen and oxygen atoms in total. The lowest BCUT2D eigenvalue weighted by Crippen LogP contribution is -2.18. The lowest BCUT2D eigenvalue weighted by Gasteiger charge is -2.05. The van der Waals surface area contributed by atoms with Crippen molar-refractivity contribution < 1.29 is 22.8 Å². The van der Waals surface area contributed by atoms with Crippen molar-refractivity contribution in [1.82, 2.24) is 9.78 Å². The van der Waals surface area contributed by atoms with E-state index in [-0.39, 0.29) is 5.69 Å². The van der Waals surface area contributed by atoms with E-state index < -0.39 is 30.6 Å². The summed E-state index contributed by atoms with van der Waals surface area (Å²) >= 11 is 1.44. The molecule has 134 valence electrons. The highest BCUT2D eigenvalue weighted by atomic mass is 32.1. The van der Waals surface area contributed by atoms with Crippen LogP contribution in [0, 0.1) is 0 Å². The fraction of sp³-hybridized carbons (Fsp3) is 0.167. The summed E-state index contributed by atoms with van der Waals surface area (Å²) < 4.78 is 38.4. The van der Waals surface area contributed by atoms with Crippen LogP contribution in [0.2, 0.25) is 0 Å². The van der Waals surface area contributed by atoms with Crippen LogP contribution in [0.1, 0.15) is 23.3 Å². The summed E-state index contributed by atoms with van der Waals surface area (Å²) in [4.78, 5) is 24.6. The Bertz CT molecular complexity index is 916. The second kappa shape index (κ2) is 7.25. The zero-order valence-corrected chi connectivity index (χ0v) is 14.2. The summed E-state index contributed by atoms with van der Waals surface area (Å²) in [5, 5.41) is 6.09. The van der Waals surface area contributed by atoms with Gasteiger partial charge in [-0.2, -0.15) is 18.3 Å². The molecule has 0 fully saturated rings. The van der Waals surface area contributed by atoms with E-state index in [9.17, 15) is 22.8 Å². The number of benzene rings is 1. The van der Waals surface area contributed by atoms with Crippen LogP contribution in [0.4, 0.5) is 13.2 Å². The molecule has 3 aromatic rings. The van der Waals surface area contributed by atoms with Crippen molar-refractivity contribution in [3.63, 3.8) is 0 Å². The van der Waals surface area contributed by atoms with Crippen LogP contribution in [0.25, 0.3) is 16.3 Å². The highest BCUT2D eigenvalue weighted by molar-refractivity contribution is 7.13. The molecule has 0 spiro atoms. The number of aromatic nitrogens is 2. The monoisotopic (exact) mass is 378 g/mol. The SMILES string of the molecule is O=C(CC(=O)c1cc(-c2cccs2)n(-c2ccccc2)n1)CC(F)(F)F. The Morgan fingerprint density at radius 2 is 1.81 bits per heavy atom. The van der Waals surface area contributed by atoms with Crippen molar-refractivity contribution in [2.24, 2.45) is 0 Å². The van der Waals surface area contributed by atoms with E-state index in [4.69, 9.17) is 0 Å². The van der Waals surface area contributed by atoms with E-state index in [1.54, 1.807) is 16.8 Å². The summed E-state index contributed by atoms with van der Waals surface area (Å²) in [6, 6.07) is 14.2. The average molecular weight is 378 g/mol. The minimum Gasteiger partial charge on any atom is -0.299 e. The maximum absolute atomic E-state index is 12.3. The summed E-state index contributed by atoms with van der Waals surface area (Å²) in [5.41, 5.74) is 1.31. The quantitative estimate of drug-likeness (QED) is 0.462. The van der Waals surface area contributed by atoms with Gasteiger partial charge in [0.15, 0.2) is 5.78 Å². The molecular weight excluding hydrogens is 365 g/mol. The highest BCUT2D eigenvalue weighted by Crippen LogP contribution is 2.28. The van der Waals surface area contributed by atoms with Gasteiger partial charge in [-0.05, 0) is 29.6 Å². The second-order valence-corrected chi connectivity index (χ2v) is 6.52. The number of carbonyl (C=O) groups is 2. The van der Waals surface area contributed by atoms with Crippen LogP contribution in [-0.4, -0.2) is 27.5 Å². The largest absolute Gasteiger partial charge is 0.395 e. The summed E-state index contributed by atoms with van der Waals surface area (Å²) in [6.07, 6.45) is -7.06. The van der Waals surface area contributed by atoms with Crippen LogP contribution in [-0.2, 0) is 4.79 Å². The van der Waals surface area contributed by atoms with E-state index >= 15 is 0 Å². The zero-order valence-electron chi connectivity index (χ0n) is 13.4. The van der Waals surface area contributed by atoms with Gasteiger partial charge in [0.25, 0.3) is 0 Å². The van der Waals surface area contributed by atoms with Gasteiger partial charge in [0.05, 0.1) is 22.7 Å². The molecule has 0 bridgehead atoms. The molecule has 0 atom stereocenters. The third-order valence-corrected chi connectivity index (χ3v) is 4.42. The summed E-state index contributed by atoms with van der Waals surface area (Å²) in [5.74, 6) is -1.90. The van der Waals surface area contributed by atoms with Crippen molar-refractivity contribution in [3.8, 4) is 16.3 Å². The normalized spacial score (nSPS) is 11.5. The smallest absolute Gasteiger partial charge is 0.299 e. The lowest BCUT2D eigenvalue weighted by atomic mass is 10.1. The van der Waals surface area contributed by atoms with Gasteiger partial charge in [-0.3, -0.25) is 9.59 Å². The van der Waals surface area contributed by atoms with Crippen LogP contribution in [0.5, 0.6) is 0 Å². The number of alkyl halides is 3. The summed E-state index contributed by atoms with van der Waals surface area (Å²) in [6.45, 7) is 0. The number of carbonyl (C=O) groups excluding carboxylic acids is 2. The van der Waals surface area contributed by atoms with Gasteiger partial charge >= 0.3 is 6.18 Å². The Kier molecular flexibility index (Phi) is 5.03. The molecule has 0 aliphatic heterocycles. The average Bonchev–Trinajstić information content (AvgIpc) is 3.23. The molecule has 0 N–H and O–H groups in total. The molecule has 0 aliphatic carbocycles. The molecule has 0 radical (unpaired) electrons. The highest BCUT2D eigenvalue weighted by Gasteiger charge is 2.32. The van der Waals surface area contributed by atoms with Gasteiger partial charge in [0.2, 0.25) is 0 Å². The number of Topliss-reactive ketones (excluding diaryl/α,β-unsaturated/α-hetero) is 2. The van der Waals surface area contributed by atoms with Crippen molar-refractivity contribution in [1.29, 1.82) is 0 Å². The van der Waals surface area contributed by atoms with E-state index in [2.05, 4.69) is 5.10 Å². The fourth-order valence-electron chi connectivity index (χ4n) is 2.44. The van der Waals surface area contributed by atoms with Gasteiger partial charge in [-0.25, -0.2) is 4.68 Å². The van der Waals surface area contributed by atoms with Gasteiger partial charge in [-0.15, -0.1) is 11.3 Å². The molecule has 0 amide bonds. The predicted molar refractivity (Wildman–Crippen MR) is 91.5 cm³/mol. The van der Waals surface area contributed by atoms with Crippen LogP contribution in [0.15, 0.2) is 53.9 Å². The molecular formula is C18H13F3N2O2S. The molecule has 1 aromatic carbocycles. The standard InChI is InChI=1S/C18H13F3N2O2S/c19-18(20,21)11-13(24)9-16(25)14-10-15(17-7-4-8-26-17)23(22-14)12-5-2-1-3-6-12/h1-8,10H,9,11H2. The van der Waals surface area contributed by atoms with E-state index in [0.29, 0.717) is 11.4 Å². The van der Waals surface area contributed by atoms with Gasteiger partial charge < -0.3 is 0 Å². The number of nitrogens with zero attached hydrogens (tertiary/aromatic N) is 2. The van der Waals surface area contributed by atoms with E-state index in [0.717, 1.165) is 4.88 Å². The second-order valence-electron chi connectivity index (χ2n) is 5.57. The zero-order chi connectivity index (χ0) is 18.7. The molecule has 0 aliphatic rings. The number of para-hydroxylation sites is 1. The van der Waals surface area contributed by atoms with Crippen molar-refractivity contribution in [2.75, 3.05) is 0 Å².